The van der Waals surface area contributed by atoms with Crippen molar-refractivity contribution in [1.82, 2.24) is 10.4 Å². The maximum atomic E-state index is 14.7. The van der Waals surface area contributed by atoms with Crippen LogP contribution in [-0.4, -0.2) is 16.7 Å². The first-order chi connectivity index (χ1) is 13.1. The topological polar surface area (TPSA) is 99.2 Å². The number of carbonyl (C=O) groups excluding carboxylic acids is 2. The summed E-state index contributed by atoms with van der Waals surface area (Å²) in [7, 11) is 0. The van der Waals surface area contributed by atoms with E-state index in [2.05, 4.69) is 5.43 Å². The van der Waals surface area contributed by atoms with Gasteiger partial charge in [0.1, 0.15) is 11.6 Å². The Kier molecular flexibility index (Phi) is 4.94. The molecule has 1 atom stereocenters. The molecule has 1 aliphatic carbocycles. The lowest BCUT2D eigenvalue weighted by Gasteiger charge is -2.43. The molecular formula is C20H20ClFN4O2. The monoisotopic (exact) mass is 402 g/mol. The van der Waals surface area contributed by atoms with Gasteiger partial charge in [0.25, 0.3) is 0 Å². The maximum Gasteiger partial charge on any atom is 0.235 e. The van der Waals surface area contributed by atoms with Gasteiger partial charge in [-0.3, -0.25) is 15.0 Å². The molecule has 0 saturated carbocycles. The third-order valence-electron chi connectivity index (χ3n) is 4.94. The number of hydrazine groups is 1. The number of amides is 1. The van der Waals surface area contributed by atoms with Crippen molar-refractivity contribution in [2.24, 2.45) is 11.1 Å². The van der Waals surface area contributed by atoms with Gasteiger partial charge in [-0.1, -0.05) is 31.5 Å². The summed E-state index contributed by atoms with van der Waals surface area (Å²) in [5.74, 6) is -2.35. The standard InChI is InChI=1S/C20H20ClFN4O2/c1-10(27)25-26-14-7-20(2,3)8-15(28)18(14)16(11(9-23)19(26)24)17-12(21)5-4-6-13(17)22/h4-6,16H,7-8,24H2,1-3H3,(H,25,27). The number of allylic oxidation sites excluding steroid dienone is 3. The molecule has 28 heavy (non-hydrogen) atoms. The van der Waals surface area contributed by atoms with Crippen LogP contribution in [0.3, 0.4) is 0 Å². The average molecular weight is 403 g/mol. The van der Waals surface area contributed by atoms with Crippen LogP contribution in [0.5, 0.6) is 0 Å². The molecule has 0 saturated heterocycles. The van der Waals surface area contributed by atoms with Gasteiger partial charge in [-0.2, -0.15) is 5.26 Å². The van der Waals surface area contributed by atoms with Crippen molar-refractivity contribution in [1.29, 1.82) is 5.26 Å². The lowest BCUT2D eigenvalue weighted by Crippen LogP contribution is -2.49. The maximum absolute atomic E-state index is 14.7. The highest BCUT2D eigenvalue weighted by atomic mass is 35.5. The smallest absolute Gasteiger partial charge is 0.235 e. The van der Waals surface area contributed by atoms with Gasteiger partial charge in [0.2, 0.25) is 5.91 Å². The second-order valence-electron chi connectivity index (χ2n) is 7.78. The molecule has 1 heterocycles. The first kappa shape index (κ1) is 19.9. The number of benzene rings is 1. The van der Waals surface area contributed by atoms with Gasteiger partial charge in [0.05, 0.1) is 23.3 Å². The number of Topliss-reactive ketones (excluding diaryl/α,β-unsaturated/α-hetero) is 1. The van der Waals surface area contributed by atoms with Crippen LogP contribution in [0.1, 0.15) is 45.1 Å². The molecule has 146 valence electrons. The first-order valence-electron chi connectivity index (χ1n) is 8.74. The Labute approximate surface area is 167 Å². The SMILES string of the molecule is CC(=O)NN1C(N)=C(C#N)C(c2c(F)cccc2Cl)C2=C1CC(C)(C)CC2=O. The minimum absolute atomic E-state index is 0.0340. The number of rotatable bonds is 2. The van der Waals surface area contributed by atoms with Crippen molar-refractivity contribution >= 4 is 23.3 Å². The second-order valence-corrected chi connectivity index (χ2v) is 8.19. The molecule has 1 unspecified atom stereocenters. The Morgan fingerprint density at radius 3 is 2.68 bits per heavy atom. The number of nitrogens with two attached hydrogens (primary N) is 1. The van der Waals surface area contributed by atoms with Crippen LogP contribution in [0.4, 0.5) is 4.39 Å². The van der Waals surface area contributed by atoms with E-state index in [1.165, 1.54) is 30.1 Å². The quantitative estimate of drug-likeness (QED) is 0.790. The summed E-state index contributed by atoms with van der Waals surface area (Å²) in [6, 6.07) is 6.17. The first-order valence-corrected chi connectivity index (χ1v) is 9.12. The van der Waals surface area contributed by atoms with Gasteiger partial charge in [0, 0.05) is 29.5 Å². The Morgan fingerprint density at radius 1 is 1.43 bits per heavy atom. The lowest BCUT2D eigenvalue weighted by molar-refractivity contribution is -0.123. The molecule has 0 spiro atoms. The Bertz CT molecular complexity index is 970. The summed E-state index contributed by atoms with van der Waals surface area (Å²) in [4.78, 5) is 24.8. The van der Waals surface area contributed by atoms with E-state index >= 15 is 0 Å². The van der Waals surface area contributed by atoms with Crippen molar-refractivity contribution in [2.45, 2.75) is 39.5 Å². The van der Waals surface area contributed by atoms with E-state index in [1.54, 1.807) is 0 Å². The molecule has 3 rings (SSSR count). The van der Waals surface area contributed by atoms with E-state index in [4.69, 9.17) is 17.3 Å². The highest BCUT2D eigenvalue weighted by Gasteiger charge is 2.45. The second kappa shape index (κ2) is 6.95. The summed E-state index contributed by atoms with van der Waals surface area (Å²) < 4.78 is 14.7. The van der Waals surface area contributed by atoms with Gasteiger partial charge in [-0.25, -0.2) is 9.40 Å². The summed E-state index contributed by atoms with van der Waals surface area (Å²) in [6.07, 6.45) is 0.636. The zero-order valence-electron chi connectivity index (χ0n) is 15.8. The van der Waals surface area contributed by atoms with E-state index in [0.29, 0.717) is 12.1 Å². The fourth-order valence-corrected chi connectivity index (χ4v) is 4.14. The van der Waals surface area contributed by atoms with Crippen LogP contribution in [0.15, 0.2) is 40.9 Å². The van der Waals surface area contributed by atoms with E-state index in [0.717, 1.165) is 0 Å². The molecule has 2 aliphatic rings. The van der Waals surface area contributed by atoms with Crippen molar-refractivity contribution in [3.8, 4) is 6.07 Å². The summed E-state index contributed by atoms with van der Waals surface area (Å²) in [5.41, 5.74) is 9.09. The van der Waals surface area contributed by atoms with Gasteiger partial charge in [-0.15, -0.1) is 0 Å². The Balaban J connectivity index is 2.34. The molecule has 1 amide bonds. The van der Waals surface area contributed by atoms with Crippen LogP contribution < -0.4 is 11.2 Å². The third kappa shape index (κ3) is 3.25. The molecule has 6 nitrogen and oxygen atoms in total. The number of nitriles is 1. The molecule has 1 aromatic rings. The minimum atomic E-state index is -1.03. The number of carbonyl (C=O) groups is 2. The Hall–Kier alpha value is -2.85. The molecule has 1 aromatic carbocycles. The molecular weight excluding hydrogens is 383 g/mol. The average Bonchev–Trinajstić information content (AvgIpc) is 2.56. The van der Waals surface area contributed by atoms with Crippen LogP contribution in [0.25, 0.3) is 0 Å². The van der Waals surface area contributed by atoms with E-state index < -0.39 is 17.6 Å². The molecule has 0 radical (unpaired) electrons. The highest BCUT2D eigenvalue weighted by Crippen LogP contribution is 2.50. The normalized spacial score (nSPS) is 21.4. The highest BCUT2D eigenvalue weighted by molar-refractivity contribution is 6.31. The number of ketones is 1. The lowest BCUT2D eigenvalue weighted by atomic mass is 9.69. The third-order valence-corrected chi connectivity index (χ3v) is 5.27. The van der Waals surface area contributed by atoms with Gasteiger partial charge >= 0.3 is 0 Å². The number of nitrogens with zero attached hydrogens (tertiary/aromatic N) is 2. The fourth-order valence-electron chi connectivity index (χ4n) is 3.87. The van der Waals surface area contributed by atoms with Gasteiger partial charge in [0.15, 0.2) is 5.78 Å². The summed E-state index contributed by atoms with van der Waals surface area (Å²) in [5, 5.41) is 11.2. The van der Waals surface area contributed by atoms with Gasteiger partial charge < -0.3 is 5.73 Å². The van der Waals surface area contributed by atoms with Gasteiger partial charge in [-0.05, 0) is 24.0 Å². The molecule has 3 N–H and O–H groups in total. The van der Waals surface area contributed by atoms with E-state index in [-0.39, 0.29) is 45.2 Å². The van der Waals surface area contributed by atoms with Crippen LogP contribution in [-0.2, 0) is 9.59 Å². The number of hydrogen-bond acceptors (Lipinski definition) is 5. The number of halogens is 2. The molecule has 1 aliphatic heterocycles. The Morgan fingerprint density at radius 2 is 2.11 bits per heavy atom. The summed E-state index contributed by atoms with van der Waals surface area (Å²) in [6.45, 7) is 5.14. The molecule has 0 bridgehead atoms. The van der Waals surface area contributed by atoms with Crippen molar-refractivity contribution in [2.75, 3.05) is 0 Å². The summed E-state index contributed by atoms with van der Waals surface area (Å²) >= 11 is 6.26. The predicted molar refractivity (Wildman–Crippen MR) is 102 cm³/mol. The van der Waals surface area contributed by atoms with Crippen LogP contribution >= 0.6 is 11.6 Å². The fraction of sp³-hybridized carbons (Fsp3) is 0.350. The van der Waals surface area contributed by atoms with Crippen molar-refractivity contribution in [3.63, 3.8) is 0 Å². The molecule has 0 aromatic heterocycles. The zero-order valence-corrected chi connectivity index (χ0v) is 16.5. The van der Waals surface area contributed by atoms with E-state index in [1.807, 2.05) is 19.9 Å². The zero-order chi connectivity index (χ0) is 20.8. The van der Waals surface area contributed by atoms with Crippen LogP contribution in [0, 0.1) is 22.6 Å². The van der Waals surface area contributed by atoms with Crippen LogP contribution in [0.2, 0.25) is 5.02 Å². The predicted octanol–water partition coefficient (Wildman–Crippen LogP) is 3.27. The van der Waals surface area contributed by atoms with Crippen molar-refractivity contribution in [3.05, 3.63) is 57.3 Å². The molecule has 8 heteroatoms. The number of nitrogens with one attached hydrogen (secondary N) is 1. The largest absolute Gasteiger partial charge is 0.383 e. The number of hydrogen-bond donors (Lipinski definition) is 2. The molecule has 0 fully saturated rings. The van der Waals surface area contributed by atoms with E-state index in [9.17, 15) is 19.2 Å². The minimum Gasteiger partial charge on any atom is -0.383 e. The van der Waals surface area contributed by atoms with Crippen molar-refractivity contribution < 1.29 is 14.0 Å².